The SMILES string of the molecule is OC[C@H]1OC[C@](O)([C@]2(O)COC[C@@H](O)[C@@H]2O)[C@@H](O)[C@H]1O. The molecule has 2 aliphatic heterocycles. The van der Waals surface area contributed by atoms with Gasteiger partial charge in [0.25, 0.3) is 0 Å². The number of aliphatic hydroxyl groups is 7. The number of ether oxygens (including phenoxy) is 2. The quantitative estimate of drug-likeness (QED) is 0.265. The Morgan fingerprint density at radius 3 is 2.15 bits per heavy atom. The molecular weight excluding hydrogens is 276 g/mol. The van der Waals surface area contributed by atoms with Crippen LogP contribution in [0.25, 0.3) is 0 Å². The zero-order valence-electron chi connectivity index (χ0n) is 10.7. The highest BCUT2D eigenvalue weighted by Crippen LogP contribution is 2.38. The molecule has 0 radical (unpaired) electrons. The van der Waals surface area contributed by atoms with Crippen LogP contribution < -0.4 is 0 Å². The maximum atomic E-state index is 10.5. The van der Waals surface area contributed by atoms with E-state index in [4.69, 9.17) is 14.6 Å². The van der Waals surface area contributed by atoms with Crippen LogP contribution in [0.15, 0.2) is 0 Å². The zero-order valence-corrected chi connectivity index (χ0v) is 10.7. The average molecular weight is 296 g/mol. The van der Waals surface area contributed by atoms with E-state index in [-0.39, 0.29) is 6.61 Å². The second-order valence-corrected chi connectivity index (χ2v) is 5.34. The molecule has 0 amide bonds. The summed E-state index contributed by atoms with van der Waals surface area (Å²) in [6, 6.07) is 0. The van der Waals surface area contributed by atoms with E-state index in [9.17, 15) is 30.6 Å². The molecule has 9 heteroatoms. The standard InChI is InChI=1S/C11H20O9/c12-1-6-7(14)9(16)11(18,4-20-6)10(17)3-19-2-5(13)8(10)15/h5-9,12-18H,1-4H2/t5-,6-,7+,8+,9+,10+,11-/m1/s1. The second kappa shape index (κ2) is 5.44. The van der Waals surface area contributed by atoms with Crippen molar-refractivity contribution in [3.8, 4) is 0 Å². The number of hydrogen-bond donors (Lipinski definition) is 7. The van der Waals surface area contributed by atoms with Crippen molar-refractivity contribution in [1.82, 2.24) is 0 Å². The van der Waals surface area contributed by atoms with Gasteiger partial charge in [-0.15, -0.1) is 0 Å². The molecule has 0 aromatic carbocycles. The van der Waals surface area contributed by atoms with Gasteiger partial charge in [-0.2, -0.15) is 0 Å². The topological polar surface area (TPSA) is 160 Å². The normalized spacial score (nSPS) is 53.9. The molecule has 2 saturated heterocycles. The molecule has 2 fully saturated rings. The first kappa shape index (κ1) is 16.0. The average Bonchev–Trinajstić information content (AvgIpc) is 2.42. The van der Waals surface area contributed by atoms with Crippen LogP contribution in [0.4, 0.5) is 0 Å². The summed E-state index contributed by atoms with van der Waals surface area (Å²) in [5, 5.41) is 69.1. The summed E-state index contributed by atoms with van der Waals surface area (Å²) in [5.74, 6) is 0. The third-order valence-electron chi connectivity index (χ3n) is 4.11. The second-order valence-electron chi connectivity index (χ2n) is 5.34. The first-order valence-electron chi connectivity index (χ1n) is 6.25. The first-order chi connectivity index (χ1) is 9.28. The molecule has 20 heavy (non-hydrogen) atoms. The third-order valence-corrected chi connectivity index (χ3v) is 4.11. The molecule has 0 aliphatic carbocycles. The Labute approximate surface area is 114 Å². The lowest BCUT2D eigenvalue weighted by Gasteiger charge is -2.54. The predicted molar refractivity (Wildman–Crippen MR) is 61.6 cm³/mol. The highest BCUT2D eigenvalue weighted by atomic mass is 16.6. The lowest BCUT2D eigenvalue weighted by atomic mass is 9.70. The number of aliphatic hydroxyl groups excluding tert-OH is 5. The summed E-state index contributed by atoms with van der Waals surface area (Å²) in [7, 11) is 0. The Morgan fingerprint density at radius 2 is 1.55 bits per heavy atom. The minimum atomic E-state index is -2.46. The van der Waals surface area contributed by atoms with Crippen LogP contribution in [0.2, 0.25) is 0 Å². The van der Waals surface area contributed by atoms with E-state index in [1.54, 1.807) is 0 Å². The van der Waals surface area contributed by atoms with E-state index in [0.29, 0.717) is 0 Å². The van der Waals surface area contributed by atoms with Crippen molar-refractivity contribution in [2.45, 2.75) is 41.7 Å². The Balaban J connectivity index is 2.29. The van der Waals surface area contributed by atoms with Crippen molar-refractivity contribution < 1.29 is 45.2 Å². The maximum absolute atomic E-state index is 10.5. The molecule has 0 unspecified atom stereocenters. The maximum Gasteiger partial charge on any atom is 0.150 e. The largest absolute Gasteiger partial charge is 0.394 e. The van der Waals surface area contributed by atoms with E-state index in [1.807, 2.05) is 0 Å². The smallest absolute Gasteiger partial charge is 0.150 e. The molecule has 9 nitrogen and oxygen atoms in total. The van der Waals surface area contributed by atoms with Crippen molar-refractivity contribution in [2.24, 2.45) is 0 Å². The van der Waals surface area contributed by atoms with E-state index >= 15 is 0 Å². The van der Waals surface area contributed by atoms with Gasteiger partial charge in [0, 0.05) is 0 Å². The lowest BCUT2D eigenvalue weighted by molar-refractivity contribution is -0.339. The van der Waals surface area contributed by atoms with Gasteiger partial charge in [-0.05, 0) is 0 Å². The van der Waals surface area contributed by atoms with E-state index in [1.165, 1.54) is 0 Å². The van der Waals surface area contributed by atoms with Crippen LogP contribution in [0.3, 0.4) is 0 Å². The molecule has 7 N–H and O–H groups in total. The van der Waals surface area contributed by atoms with Crippen LogP contribution >= 0.6 is 0 Å². The monoisotopic (exact) mass is 296 g/mol. The fourth-order valence-electron chi connectivity index (χ4n) is 2.66. The van der Waals surface area contributed by atoms with Gasteiger partial charge in [0.2, 0.25) is 0 Å². The Bertz CT molecular complexity index is 353. The summed E-state index contributed by atoms with van der Waals surface area (Å²) >= 11 is 0. The van der Waals surface area contributed by atoms with Crippen molar-refractivity contribution in [1.29, 1.82) is 0 Å². The fraction of sp³-hybridized carbons (Fsp3) is 1.00. The number of rotatable bonds is 2. The van der Waals surface area contributed by atoms with Crippen molar-refractivity contribution in [3.05, 3.63) is 0 Å². The fourth-order valence-corrected chi connectivity index (χ4v) is 2.66. The third kappa shape index (κ3) is 2.15. The summed E-state index contributed by atoms with van der Waals surface area (Å²) in [6.07, 6.45) is -7.95. The van der Waals surface area contributed by atoms with Gasteiger partial charge in [0.15, 0.2) is 0 Å². The Kier molecular flexibility index (Phi) is 4.36. The van der Waals surface area contributed by atoms with Crippen LogP contribution in [-0.2, 0) is 9.47 Å². The molecule has 7 atom stereocenters. The highest BCUT2D eigenvalue weighted by molar-refractivity contribution is 5.14. The molecular formula is C11H20O9. The van der Waals surface area contributed by atoms with Crippen LogP contribution in [0, 0.1) is 0 Å². The summed E-state index contributed by atoms with van der Waals surface area (Å²) in [5.41, 5.74) is -4.88. The Morgan fingerprint density at radius 1 is 0.950 bits per heavy atom. The molecule has 0 saturated carbocycles. The van der Waals surface area contributed by atoms with Gasteiger partial charge in [-0.3, -0.25) is 0 Å². The number of hydrogen-bond acceptors (Lipinski definition) is 9. The predicted octanol–water partition coefficient (Wildman–Crippen LogP) is -4.69. The van der Waals surface area contributed by atoms with Crippen molar-refractivity contribution >= 4 is 0 Å². The molecule has 0 aromatic rings. The van der Waals surface area contributed by atoms with Gasteiger partial charge in [0.05, 0.1) is 26.4 Å². The Hall–Kier alpha value is -0.360. The summed E-state index contributed by atoms with van der Waals surface area (Å²) < 4.78 is 9.91. The molecule has 0 aromatic heterocycles. The van der Waals surface area contributed by atoms with E-state index in [0.717, 1.165) is 0 Å². The summed E-state index contributed by atoms with van der Waals surface area (Å²) in [4.78, 5) is 0. The van der Waals surface area contributed by atoms with E-state index in [2.05, 4.69) is 0 Å². The van der Waals surface area contributed by atoms with Gasteiger partial charge in [0.1, 0.15) is 41.7 Å². The molecule has 2 heterocycles. The highest BCUT2D eigenvalue weighted by Gasteiger charge is 2.65. The van der Waals surface area contributed by atoms with E-state index < -0.39 is 61.5 Å². The lowest BCUT2D eigenvalue weighted by Crippen LogP contribution is -2.78. The molecule has 0 spiro atoms. The zero-order chi connectivity index (χ0) is 15.1. The van der Waals surface area contributed by atoms with Crippen molar-refractivity contribution in [2.75, 3.05) is 26.4 Å². The van der Waals surface area contributed by atoms with Gasteiger partial charge in [-0.1, -0.05) is 0 Å². The summed E-state index contributed by atoms with van der Waals surface area (Å²) in [6.45, 7) is -2.04. The van der Waals surface area contributed by atoms with Crippen LogP contribution in [0.1, 0.15) is 0 Å². The van der Waals surface area contributed by atoms with Crippen molar-refractivity contribution in [3.63, 3.8) is 0 Å². The van der Waals surface area contributed by atoms with Gasteiger partial charge < -0.3 is 45.2 Å². The molecule has 0 bridgehead atoms. The van der Waals surface area contributed by atoms with Crippen LogP contribution in [-0.4, -0.2) is 104 Å². The van der Waals surface area contributed by atoms with Gasteiger partial charge in [-0.25, -0.2) is 0 Å². The van der Waals surface area contributed by atoms with Gasteiger partial charge >= 0.3 is 0 Å². The first-order valence-corrected chi connectivity index (χ1v) is 6.25. The minimum absolute atomic E-state index is 0.238. The molecule has 118 valence electrons. The van der Waals surface area contributed by atoms with Crippen LogP contribution in [0.5, 0.6) is 0 Å². The molecule has 2 aliphatic rings. The minimum Gasteiger partial charge on any atom is -0.394 e. The molecule has 2 rings (SSSR count).